The number of ether oxygens (including phenoxy) is 3. The van der Waals surface area contributed by atoms with Crippen LogP contribution < -0.4 is 19.5 Å². The van der Waals surface area contributed by atoms with Gasteiger partial charge in [-0.2, -0.15) is 5.26 Å². The second-order valence-electron chi connectivity index (χ2n) is 5.86. The van der Waals surface area contributed by atoms with Gasteiger partial charge in [-0.05, 0) is 50.0 Å². The van der Waals surface area contributed by atoms with Crippen LogP contribution in [-0.4, -0.2) is 34.9 Å². The van der Waals surface area contributed by atoms with Gasteiger partial charge in [-0.1, -0.05) is 13.8 Å². The first-order valence-electron chi connectivity index (χ1n) is 7.87. The molecule has 1 atom stereocenters. The van der Waals surface area contributed by atoms with Crippen LogP contribution in [-0.2, 0) is 5.41 Å². The van der Waals surface area contributed by atoms with Gasteiger partial charge in [0.25, 0.3) is 0 Å². The average molecular weight is 320 g/mol. The fourth-order valence-electron chi connectivity index (χ4n) is 2.90. The normalized spacial score (nSPS) is 13.3. The van der Waals surface area contributed by atoms with Gasteiger partial charge in [0.2, 0.25) is 5.75 Å². The van der Waals surface area contributed by atoms with E-state index in [0.29, 0.717) is 17.2 Å². The maximum absolute atomic E-state index is 9.97. The molecule has 5 heteroatoms. The van der Waals surface area contributed by atoms with Gasteiger partial charge in [0, 0.05) is 0 Å². The van der Waals surface area contributed by atoms with E-state index < -0.39 is 5.41 Å². The lowest BCUT2D eigenvalue weighted by atomic mass is 9.69. The predicted octanol–water partition coefficient (Wildman–Crippen LogP) is 3.13. The van der Waals surface area contributed by atoms with Crippen LogP contribution in [0, 0.1) is 17.2 Å². The SMILES string of the molecule is CNCCCC(C#N)(c1cc(OC)c(OC)c(OC)c1)C(C)C. The Balaban J connectivity index is 3.44. The molecule has 0 amide bonds. The Morgan fingerprint density at radius 2 is 1.70 bits per heavy atom. The molecule has 0 aromatic heterocycles. The summed E-state index contributed by atoms with van der Waals surface area (Å²) in [6.45, 7) is 5.03. The summed E-state index contributed by atoms with van der Waals surface area (Å²) < 4.78 is 16.3. The Bertz CT molecular complexity index is 527. The molecule has 1 N–H and O–H groups in total. The van der Waals surface area contributed by atoms with Gasteiger partial charge in [0.15, 0.2) is 11.5 Å². The van der Waals surface area contributed by atoms with E-state index in [0.717, 1.165) is 24.9 Å². The van der Waals surface area contributed by atoms with E-state index in [1.54, 1.807) is 21.3 Å². The van der Waals surface area contributed by atoms with Crippen molar-refractivity contribution in [1.29, 1.82) is 5.26 Å². The molecule has 1 aromatic rings. The number of nitrogens with zero attached hydrogens (tertiary/aromatic N) is 1. The van der Waals surface area contributed by atoms with Crippen LogP contribution in [0.1, 0.15) is 32.3 Å². The van der Waals surface area contributed by atoms with E-state index in [1.807, 2.05) is 19.2 Å². The minimum atomic E-state index is -0.594. The smallest absolute Gasteiger partial charge is 0.203 e. The van der Waals surface area contributed by atoms with Crippen LogP contribution in [0.4, 0.5) is 0 Å². The summed E-state index contributed by atoms with van der Waals surface area (Å²) in [6.07, 6.45) is 1.68. The van der Waals surface area contributed by atoms with Crippen molar-refractivity contribution in [2.24, 2.45) is 5.92 Å². The number of hydrogen-bond donors (Lipinski definition) is 1. The molecule has 0 saturated carbocycles. The topological polar surface area (TPSA) is 63.5 Å². The molecule has 1 unspecified atom stereocenters. The number of benzene rings is 1. The molecule has 5 nitrogen and oxygen atoms in total. The summed E-state index contributed by atoms with van der Waals surface area (Å²) in [4.78, 5) is 0. The first kappa shape index (κ1) is 19.1. The molecule has 128 valence electrons. The number of nitriles is 1. The van der Waals surface area contributed by atoms with Crippen molar-refractivity contribution in [3.8, 4) is 23.3 Å². The van der Waals surface area contributed by atoms with Gasteiger partial charge in [-0.15, -0.1) is 0 Å². The molecule has 0 aliphatic rings. The second kappa shape index (κ2) is 8.64. The monoisotopic (exact) mass is 320 g/mol. The van der Waals surface area contributed by atoms with Crippen LogP contribution in [0.15, 0.2) is 12.1 Å². The molecule has 1 aromatic carbocycles. The van der Waals surface area contributed by atoms with Gasteiger partial charge in [-0.25, -0.2) is 0 Å². The molecule has 0 heterocycles. The zero-order chi connectivity index (χ0) is 17.5. The minimum absolute atomic E-state index is 0.159. The van der Waals surface area contributed by atoms with E-state index in [1.165, 1.54) is 0 Å². The highest BCUT2D eigenvalue weighted by atomic mass is 16.5. The van der Waals surface area contributed by atoms with Crippen molar-refractivity contribution in [1.82, 2.24) is 5.32 Å². The van der Waals surface area contributed by atoms with Gasteiger partial charge in [0.05, 0.1) is 32.8 Å². The van der Waals surface area contributed by atoms with E-state index in [-0.39, 0.29) is 5.92 Å². The van der Waals surface area contributed by atoms with E-state index >= 15 is 0 Å². The summed E-state index contributed by atoms with van der Waals surface area (Å²) in [5.74, 6) is 1.86. The number of methoxy groups -OCH3 is 3. The average Bonchev–Trinajstić information content (AvgIpc) is 2.57. The van der Waals surface area contributed by atoms with E-state index in [4.69, 9.17) is 14.2 Å². The number of hydrogen-bond acceptors (Lipinski definition) is 5. The van der Waals surface area contributed by atoms with E-state index in [2.05, 4.69) is 25.2 Å². The van der Waals surface area contributed by atoms with Crippen molar-refractivity contribution >= 4 is 0 Å². The van der Waals surface area contributed by atoms with Gasteiger partial charge < -0.3 is 19.5 Å². The third-order valence-electron chi connectivity index (χ3n) is 4.36. The minimum Gasteiger partial charge on any atom is -0.493 e. The van der Waals surface area contributed by atoms with Crippen molar-refractivity contribution in [3.63, 3.8) is 0 Å². The maximum atomic E-state index is 9.97. The van der Waals surface area contributed by atoms with Crippen LogP contribution in [0.3, 0.4) is 0 Å². The Labute approximate surface area is 139 Å². The Kier molecular flexibility index (Phi) is 7.18. The molecule has 0 spiro atoms. The maximum Gasteiger partial charge on any atom is 0.203 e. The molecule has 0 bridgehead atoms. The van der Waals surface area contributed by atoms with Crippen molar-refractivity contribution in [3.05, 3.63) is 17.7 Å². The molecule has 0 aliphatic carbocycles. The first-order chi connectivity index (χ1) is 11.0. The first-order valence-corrected chi connectivity index (χ1v) is 7.87. The van der Waals surface area contributed by atoms with Crippen LogP contribution in [0.2, 0.25) is 0 Å². The molecule has 0 fully saturated rings. The second-order valence-corrected chi connectivity index (χ2v) is 5.86. The Hall–Kier alpha value is -1.93. The summed E-state index contributed by atoms with van der Waals surface area (Å²) in [6, 6.07) is 6.34. The fourth-order valence-corrected chi connectivity index (χ4v) is 2.90. The van der Waals surface area contributed by atoms with Crippen molar-refractivity contribution in [2.45, 2.75) is 32.1 Å². The standard InChI is InChI=1S/C18H28N2O3/c1-13(2)18(12-19,8-7-9-20-3)14-10-15(21-4)17(23-6)16(11-14)22-5/h10-11,13,20H,7-9H2,1-6H3. The third-order valence-corrected chi connectivity index (χ3v) is 4.36. The predicted molar refractivity (Wildman–Crippen MR) is 91.4 cm³/mol. The largest absolute Gasteiger partial charge is 0.493 e. The highest BCUT2D eigenvalue weighted by molar-refractivity contribution is 5.56. The Morgan fingerprint density at radius 3 is 2.04 bits per heavy atom. The summed E-state index contributed by atoms with van der Waals surface area (Å²) in [5.41, 5.74) is 0.310. The zero-order valence-corrected chi connectivity index (χ0v) is 15.0. The Morgan fingerprint density at radius 1 is 1.13 bits per heavy atom. The number of nitrogens with one attached hydrogen (secondary N) is 1. The lowest BCUT2D eigenvalue weighted by Crippen LogP contribution is -2.32. The quantitative estimate of drug-likeness (QED) is 0.708. The molecule has 1 rings (SSSR count). The highest BCUT2D eigenvalue weighted by Gasteiger charge is 2.37. The van der Waals surface area contributed by atoms with Gasteiger partial charge in [-0.3, -0.25) is 0 Å². The summed E-state index contributed by atoms with van der Waals surface area (Å²) in [7, 11) is 6.67. The fraction of sp³-hybridized carbons (Fsp3) is 0.611. The van der Waals surface area contributed by atoms with Crippen molar-refractivity contribution in [2.75, 3.05) is 34.9 Å². The van der Waals surface area contributed by atoms with Gasteiger partial charge in [0.1, 0.15) is 0 Å². The molecule has 0 saturated heterocycles. The van der Waals surface area contributed by atoms with Crippen LogP contribution in [0.5, 0.6) is 17.2 Å². The summed E-state index contributed by atoms with van der Waals surface area (Å²) in [5, 5.41) is 13.1. The lowest BCUT2D eigenvalue weighted by molar-refractivity contribution is 0.316. The molecular weight excluding hydrogens is 292 g/mol. The van der Waals surface area contributed by atoms with Crippen molar-refractivity contribution < 1.29 is 14.2 Å². The highest BCUT2D eigenvalue weighted by Crippen LogP contribution is 2.45. The van der Waals surface area contributed by atoms with Gasteiger partial charge >= 0.3 is 0 Å². The summed E-state index contributed by atoms with van der Waals surface area (Å²) >= 11 is 0. The molecular formula is C18H28N2O3. The molecule has 0 aliphatic heterocycles. The molecule has 0 radical (unpaired) electrons. The van der Waals surface area contributed by atoms with E-state index in [9.17, 15) is 5.26 Å². The zero-order valence-electron chi connectivity index (χ0n) is 15.0. The van der Waals surface area contributed by atoms with Crippen LogP contribution in [0.25, 0.3) is 0 Å². The van der Waals surface area contributed by atoms with Crippen LogP contribution >= 0.6 is 0 Å². The molecule has 23 heavy (non-hydrogen) atoms. The lowest BCUT2D eigenvalue weighted by Gasteiger charge is -2.32. The third kappa shape index (κ3) is 3.89. The number of rotatable bonds is 9.